The number of likely N-dealkylation sites (N-methyl/N-ethyl adjacent to an activating group) is 2. The summed E-state index contributed by atoms with van der Waals surface area (Å²) in [4.78, 5) is 2.54. The van der Waals surface area contributed by atoms with Gasteiger partial charge in [-0.1, -0.05) is 25.2 Å². The van der Waals surface area contributed by atoms with Crippen LogP contribution in [0.1, 0.15) is 32.6 Å². The average molecular weight is 304 g/mol. The van der Waals surface area contributed by atoms with Crippen molar-refractivity contribution in [3.63, 3.8) is 0 Å². The Bertz CT molecular complexity index is 454. The molecule has 0 spiro atoms. The Hall–Kier alpha value is -0.900. The molecule has 2 aliphatic rings. The van der Waals surface area contributed by atoms with E-state index in [1.54, 1.807) is 7.11 Å². The molecule has 2 fully saturated rings. The van der Waals surface area contributed by atoms with Crippen molar-refractivity contribution >= 4 is 0 Å². The average Bonchev–Trinajstić information content (AvgIpc) is 2.59. The minimum absolute atomic E-state index is 0.175. The zero-order valence-electron chi connectivity index (χ0n) is 14.7. The standard InChI is InChI=1S/C19H32N2O/c1-6-7-9-15-14-17-18(20-3)19(2,11-8-12-21(17)4)16(15)10-13-22-5/h6,9-10,17-18,20H,1,7-8,11-14H2,2-5H3. The lowest BCUT2D eigenvalue weighted by Crippen LogP contribution is -2.57. The van der Waals surface area contributed by atoms with E-state index in [2.05, 4.69) is 50.0 Å². The Morgan fingerprint density at radius 3 is 2.86 bits per heavy atom. The first kappa shape index (κ1) is 17.5. The third-order valence-electron chi connectivity index (χ3n) is 5.53. The topological polar surface area (TPSA) is 24.5 Å². The van der Waals surface area contributed by atoms with E-state index in [4.69, 9.17) is 4.74 Å². The first-order chi connectivity index (χ1) is 10.6. The van der Waals surface area contributed by atoms with Gasteiger partial charge in [-0.05, 0) is 57.5 Å². The van der Waals surface area contributed by atoms with Crippen molar-refractivity contribution in [1.82, 2.24) is 10.2 Å². The number of hydrogen-bond donors (Lipinski definition) is 1. The largest absolute Gasteiger partial charge is 0.381 e. The summed E-state index contributed by atoms with van der Waals surface area (Å²) in [5, 5.41) is 3.63. The molecular formula is C19H32N2O. The minimum Gasteiger partial charge on any atom is -0.381 e. The highest BCUT2D eigenvalue weighted by Crippen LogP contribution is 2.49. The Morgan fingerprint density at radius 1 is 1.45 bits per heavy atom. The summed E-state index contributed by atoms with van der Waals surface area (Å²) in [6, 6.07) is 1.05. The molecule has 22 heavy (non-hydrogen) atoms. The molecule has 1 aliphatic carbocycles. The predicted octanol–water partition coefficient (Wildman–Crippen LogP) is 3.15. The van der Waals surface area contributed by atoms with Crippen molar-refractivity contribution in [2.45, 2.75) is 44.7 Å². The molecule has 0 radical (unpaired) electrons. The number of methoxy groups -OCH3 is 1. The Kier molecular flexibility index (Phi) is 6.01. The third-order valence-corrected chi connectivity index (χ3v) is 5.53. The number of nitrogens with zero attached hydrogens (tertiary/aromatic N) is 1. The zero-order chi connectivity index (χ0) is 16.2. The lowest BCUT2D eigenvalue weighted by molar-refractivity contribution is 0.139. The van der Waals surface area contributed by atoms with Gasteiger partial charge >= 0.3 is 0 Å². The summed E-state index contributed by atoms with van der Waals surface area (Å²) in [6.45, 7) is 8.18. The van der Waals surface area contributed by atoms with Crippen LogP contribution in [0.4, 0.5) is 0 Å². The van der Waals surface area contributed by atoms with Gasteiger partial charge in [0.2, 0.25) is 0 Å². The highest BCUT2D eigenvalue weighted by molar-refractivity contribution is 5.43. The summed E-state index contributed by atoms with van der Waals surface area (Å²) in [6.07, 6.45) is 11.2. The summed E-state index contributed by atoms with van der Waals surface area (Å²) >= 11 is 0. The maximum absolute atomic E-state index is 5.35. The SMILES string of the molecule is C=CCC=C1CC2C(NC)C(C)(CCCN2C)C1=CCOC. The molecule has 1 N–H and O–H groups in total. The number of ether oxygens (including phenoxy) is 1. The Labute approximate surface area is 136 Å². The fraction of sp³-hybridized carbons (Fsp3) is 0.684. The maximum atomic E-state index is 5.35. The van der Waals surface area contributed by atoms with Crippen molar-refractivity contribution in [2.24, 2.45) is 5.41 Å². The monoisotopic (exact) mass is 304 g/mol. The van der Waals surface area contributed by atoms with Crippen LogP contribution in [0.5, 0.6) is 0 Å². The summed E-state index contributed by atoms with van der Waals surface area (Å²) in [5.41, 5.74) is 3.15. The van der Waals surface area contributed by atoms with E-state index >= 15 is 0 Å². The van der Waals surface area contributed by atoms with Crippen molar-refractivity contribution in [3.8, 4) is 0 Å². The van der Waals surface area contributed by atoms with Gasteiger partial charge in [0, 0.05) is 24.6 Å². The van der Waals surface area contributed by atoms with Crippen LogP contribution in [0.25, 0.3) is 0 Å². The van der Waals surface area contributed by atoms with Gasteiger partial charge in [0.1, 0.15) is 0 Å². The second kappa shape index (κ2) is 7.58. The smallest absolute Gasteiger partial charge is 0.0649 e. The summed E-state index contributed by atoms with van der Waals surface area (Å²) in [5.74, 6) is 0. The Morgan fingerprint density at radius 2 is 2.23 bits per heavy atom. The zero-order valence-corrected chi connectivity index (χ0v) is 14.7. The van der Waals surface area contributed by atoms with Gasteiger partial charge in [0.05, 0.1) is 6.61 Å². The lowest BCUT2D eigenvalue weighted by Gasteiger charge is -2.49. The fourth-order valence-electron chi connectivity index (χ4n) is 4.43. The van der Waals surface area contributed by atoms with E-state index in [1.807, 2.05) is 6.08 Å². The van der Waals surface area contributed by atoms with Gasteiger partial charge in [-0.3, -0.25) is 0 Å². The number of likely N-dealkylation sites (tertiary alicyclic amines) is 1. The number of rotatable bonds is 5. The molecular weight excluding hydrogens is 272 g/mol. The molecule has 0 aromatic heterocycles. The Balaban J connectivity index is 2.48. The van der Waals surface area contributed by atoms with E-state index < -0.39 is 0 Å². The van der Waals surface area contributed by atoms with Gasteiger partial charge in [-0.2, -0.15) is 0 Å². The van der Waals surface area contributed by atoms with Gasteiger partial charge in [-0.15, -0.1) is 6.58 Å². The third kappa shape index (κ3) is 3.22. The molecule has 0 amide bonds. The van der Waals surface area contributed by atoms with Gasteiger partial charge in [0.25, 0.3) is 0 Å². The van der Waals surface area contributed by atoms with Crippen molar-refractivity contribution in [3.05, 3.63) is 36.0 Å². The molecule has 0 aromatic rings. The molecule has 1 saturated heterocycles. The van der Waals surface area contributed by atoms with Gasteiger partial charge < -0.3 is 15.0 Å². The predicted molar refractivity (Wildman–Crippen MR) is 94.1 cm³/mol. The lowest BCUT2D eigenvalue weighted by atomic mass is 9.62. The molecule has 1 heterocycles. The molecule has 3 heteroatoms. The molecule has 2 bridgehead atoms. The molecule has 0 aromatic carbocycles. The highest BCUT2D eigenvalue weighted by atomic mass is 16.5. The van der Waals surface area contributed by atoms with Crippen molar-refractivity contribution < 1.29 is 4.74 Å². The normalized spacial score (nSPS) is 36.5. The molecule has 3 nitrogen and oxygen atoms in total. The van der Waals surface area contributed by atoms with Crippen LogP contribution in [0.15, 0.2) is 36.0 Å². The quantitative estimate of drug-likeness (QED) is 0.790. The van der Waals surface area contributed by atoms with E-state index in [0.29, 0.717) is 18.7 Å². The van der Waals surface area contributed by atoms with Crippen LogP contribution in [-0.4, -0.2) is 51.3 Å². The van der Waals surface area contributed by atoms with Crippen molar-refractivity contribution in [2.75, 3.05) is 34.4 Å². The van der Waals surface area contributed by atoms with E-state index in [1.165, 1.54) is 30.5 Å². The summed E-state index contributed by atoms with van der Waals surface area (Å²) in [7, 11) is 6.16. The fourth-order valence-corrected chi connectivity index (χ4v) is 4.43. The second-order valence-corrected chi connectivity index (χ2v) is 6.87. The maximum Gasteiger partial charge on any atom is 0.0649 e. The van der Waals surface area contributed by atoms with Crippen molar-refractivity contribution in [1.29, 1.82) is 0 Å². The van der Waals surface area contributed by atoms with Gasteiger partial charge in [-0.25, -0.2) is 0 Å². The van der Waals surface area contributed by atoms with E-state index in [0.717, 1.165) is 12.8 Å². The molecule has 3 unspecified atom stereocenters. The van der Waals surface area contributed by atoms with Crippen LogP contribution < -0.4 is 5.32 Å². The number of allylic oxidation sites excluding steroid dienone is 2. The van der Waals surface area contributed by atoms with Gasteiger partial charge in [0.15, 0.2) is 0 Å². The van der Waals surface area contributed by atoms with Crippen LogP contribution in [0.3, 0.4) is 0 Å². The molecule has 124 valence electrons. The van der Waals surface area contributed by atoms with Crippen LogP contribution in [0, 0.1) is 5.41 Å². The van der Waals surface area contributed by atoms with Crippen LogP contribution >= 0.6 is 0 Å². The molecule has 1 saturated carbocycles. The minimum atomic E-state index is 0.175. The van der Waals surface area contributed by atoms with E-state index in [9.17, 15) is 0 Å². The number of fused-ring (bicyclic) bond motifs is 2. The summed E-state index contributed by atoms with van der Waals surface area (Å²) < 4.78 is 5.35. The highest BCUT2D eigenvalue weighted by Gasteiger charge is 2.48. The van der Waals surface area contributed by atoms with Crippen LogP contribution in [0.2, 0.25) is 0 Å². The molecule has 3 atom stereocenters. The molecule has 1 aliphatic heterocycles. The number of hydrogen-bond acceptors (Lipinski definition) is 3. The molecule has 2 rings (SSSR count). The number of nitrogens with one attached hydrogen (secondary N) is 1. The van der Waals surface area contributed by atoms with E-state index in [-0.39, 0.29) is 5.41 Å². The first-order valence-electron chi connectivity index (χ1n) is 8.45. The van der Waals surface area contributed by atoms with Crippen LogP contribution in [-0.2, 0) is 4.74 Å². The first-order valence-corrected chi connectivity index (χ1v) is 8.45. The second-order valence-electron chi connectivity index (χ2n) is 6.87.